The molecule has 0 atom stereocenters. The standard InChI is InChI=1S/C59H44N4Si/c1-41-35-37-52-50(39-41)51-40-42(2)36-38-53(51)63(52)54-33-20-32-49(56(54)59-61-57(43-21-8-3-9-22-43)60-58(62-59)44-23-10-4-11-24-44)48-31-18-19-34-55(48)64(45-25-12-5-13-26-45,46-27-14-6-15-28-46)47-29-16-7-17-30-47/h3-40H,1-2H3. The summed E-state index contributed by atoms with van der Waals surface area (Å²) in [7, 11) is -3.02. The Balaban J connectivity index is 1.30. The van der Waals surface area contributed by atoms with Crippen LogP contribution in [0.3, 0.4) is 0 Å². The molecule has 0 unspecified atom stereocenters. The Kier molecular flexibility index (Phi) is 9.95. The SMILES string of the molecule is Cc1ccc2c(c1)c1cc(C)ccc1n2-c1cccc(-c2ccccc2[Si](c2ccccc2)(c2ccccc2)c2ccccc2)c1-c1nc(-c2ccccc2)nc(-c2ccccc2)n1. The summed E-state index contributed by atoms with van der Waals surface area (Å²) in [6.45, 7) is 4.34. The molecule has 64 heavy (non-hydrogen) atoms. The van der Waals surface area contributed by atoms with Gasteiger partial charge in [0, 0.05) is 21.9 Å². The van der Waals surface area contributed by atoms with Gasteiger partial charge >= 0.3 is 0 Å². The highest BCUT2D eigenvalue weighted by Gasteiger charge is 2.43. The quantitative estimate of drug-likeness (QED) is 0.107. The van der Waals surface area contributed by atoms with Gasteiger partial charge in [-0.25, -0.2) is 15.0 Å². The molecule has 11 rings (SSSR count). The van der Waals surface area contributed by atoms with Gasteiger partial charge in [0.1, 0.15) is 0 Å². The predicted octanol–water partition coefficient (Wildman–Crippen LogP) is 11.6. The largest absolute Gasteiger partial charge is 0.308 e. The van der Waals surface area contributed by atoms with Crippen LogP contribution in [0.15, 0.2) is 231 Å². The molecule has 0 fully saturated rings. The fourth-order valence-corrected chi connectivity index (χ4v) is 14.7. The minimum atomic E-state index is -3.02. The zero-order chi connectivity index (χ0) is 43.0. The lowest BCUT2D eigenvalue weighted by molar-refractivity contribution is 1.06. The highest BCUT2D eigenvalue weighted by molar-refractivity contribution is 7.20. The van der Waals surface area contributed by atoms with Crippen LogP contribution < -0.4 is 20.7 Å². The van der Waals surface area contributed by atoms with Crippen LogP contribution in [0, 0.1) is 13.8 Å². The molecule has 0 amide bonds. The number of fused-ring (bicyclic) bond motifs is 3. The molecule has 11 aromatic rings. The maximum absolute atomic E-state index is 5.49. The van der Waals surface area contributed by atoms with Crippen LogP contribution in [-0.2, 0) is 0 Å². The van der Waals surface area contributed by atoms with Crippen molar-refractivity contribution >= 4 is 50.6 Å². The van der Waals surface area contributed by atoms with Crippen molar-refractivity contribution in [2.24, 2.45) is 0 Å². The lowest BCUT2D eigenvalue weighted by atomic mass is 9.96. The molecule has 0 N–H and O–H groups in total. The van der Waals surface area contributed by atoms with E-state index in [-0.39, 0.29) is 0 Å². The molecule has 0 radical (unpaired) electrons. The highest BCUT2D eigenvalue weighted by Crippen LogP contribution is 2.41. The summed E-state index contributed by atoms with van der Waals surface area (Å²) < 4.78 is 2.43. The second-order valence-corrected chi connectivity index (χ2v) is 20.3. The van der Waals surface area contributed by atoms with Crippen molar-refractivity contribution < 1.29 is 0 Å². The zero-order valence-corrected chi connectivity index (χ0v) is 36.7. The van der Waals surface area contributed by atoms with Gasteiger partial charge < -0.3 is 4.57 Å². The highest BCUT2D eigenvalue weighted by atomic mass is 28.3. The molecule has 9 aromatic carbocycles. The molecule has 5 heteroatoms. The van der Waals surface area contributed by atoms with Crippen LogP contribution in [0.4, 0.5) is 0 Å². The number of aryl methyl sites for hydroxylation is 2. The Morgan fingerprint density at radius 1 is 0.359 bits per heavy atom. The average Bonchev–Trinajstić information content (AvgIpc) is 3.67. The van der Waals surface area contributed by atoms with Gasteiger partial charge in [-0.3, -0.25) is 0 Å². The lowest BCUT2D eigenvalue weighted by Gasteiger charge is -2.36. The van der Waals surface area contributed by atoms with Gasteiger partial charge in [-0.2, -0.15) is 0 Å². The summed E-state index contributed by atoms with van der Waals surface area (Å²) in [6, 6.07) is 83.3. The molecule has 2 heterocycles. The monoisotopic (exact) mass is 836 g/mol. The van der Waals surface area contributed by atoms with Gasteiger partial charge in [0.2, 0.25) is 0 Å². The van der Waals surface area contributed by atoms with E-state index in [0.717, 1.165) is 44.5 Å². The number of nitrogens with zero attached hydrogens (tertiary/aromatic N) is 4. The number of rotatable bonds is 9. The normalized spacial score (nSPS) is 11.6. The van der Waals surface area contributed by atoms with Crippen LogP contribution >= 0.6 is 0 Å². The summed E-state index contributed by atoms with van der Waals surface area (Å²) in [5.41, 5.74) is 10.7. The molecule has 0 bridgehead atoms. The fraction of sp³-hybridized carbons (Fsp3) is 0.0339. The van der Waals surface area contributed by atoms with Crippen LogP contribution in [-0.4, -0.2) is 27.6 Å². The van der Waals surface area contributed by atoms with Crippen LogP contribution in [0.1, 0.15) is 11.1 Å². The summed E-state index contributed by atoms with van der Waals surface area (Å²) in [5.74, 6) is 1.84. The van der Waals surface area contributed by atoms with Crippen molar-refractivity contribution in [3.63, 3.8) is 0 Å². The van der Waals surface area contributed by atoms with E-state index in [1.165, 1.54) is 42.6 Å². The molecular weight excluding hydrogens is 793 g/mol. The molecule has 0 spiro atoms. The van der Waals surface area contributed by atoms with Crippen molar-refractivity contribution in [2.45, 2.75) is 13.8 Å². The molecular formula is C59H44N4Si. The van der Waals surface area contributed by atoms with E-state index >= 15 is 0 Å². The van der Waals surface area contributed by atoms with E-state index < -0.39 is 8.07 Å². The summed E-state index contributed by atoms with van der Waals surface area (Å²) in [6.07, 6.45) is 0. The van der Waals surface area contributed by atoms with Gasteiger partial charge in [-0.1, -0.05) is 211 Å². The molecule has 2 aromatic heterocycles. The van der Waals surface area contributed by atoms with Crippen molar-refractivity contribution in [1.29, 1.82) is 0 Å². The summed E-state index contributed by atoms with van der Waals surface area (Å²) >= 11 is 0. The van der Waals surface area contributed by atoms with Gasteiger partial charge in [-0.15, -0.1) is 0 Å². The van der Waals surface area contributed by atoms with Gasteiger partial charge in [0.05, 0.1) is 22.3 Å². The first-order valence-electron chi connectivity index (χ1n) is 21.9. The van der Waals surface area contributed by atoms with Crippen molar-refractivity contribution in [3.8, 4) is 51.0 Å². The number of hydrogen-bond donors (Lipinski definition) is 0. The molecule has 0 aliphatic rings. The molecule has 304 valence electrons. The first-order chi connectivity index (χ1) is 31.6. The second-order valence-electron chi connectivity index (χ2n) is 16.5. The second kappa shape index (κ2) is 16.4. The van der Waals surface area contributed by atoms with E-state index in [1.54, 1.807) is 0 Å². The molecule has 4 nitrogen and oxygen atoms in total. The lowest BCUT2D eigenvalue weighted by Crippen LogP contribution is -2.75. The Morgan fingerprint density at radius 2 is 0.766 bits per heavy atom. The van der Waals surface area contributed by atoms with E-state index in [9.17, 15) is 0 Å². The maximum Gasteiger partial charge on any atom is 0.180 e. The maximum atomic E-state index is 5.49. The van der Waals surface area contributed by atoms with E-state index in [2.05, 4.69) is 213 Å². The third-order valence-electron chi connectivity index (χ3n) is 12.5. The Morgan fingerprint density at radius 3 is 1.25 bits per heavy atom. The summed E-state index contributed by atoms with van der Waals surface area (Å²) in [5, 5.41) is 7.64. The fourth-order valence-electron chi connectivity index (χ4n) is 9.69. The Bertz CT molecular complexity index is 3230. The van der Waals surface area contributed by atoms with Gasteiger partial charge in [0.25, 0.3) is 0 Å². The molecule has 0 aliphatic carbocycles. The van der Waals surface area contributed by atoms with Crippen LogP contribution in [0.2, 0.25) is 0 Å². The third-order valence-corrected chi connectivity index (χ3v) is 17.4. The van der Waals surface area contributed by atoms with Gasteiger partial charge in [-0.05, 0) is 76.1 Å². The van der Waals surface area contributed by atoms with E-state index in [1.807, 2.05) is 36.4 Å². The third kappa shape index (κ3) is 6.65. The summed E-state index contributed by atoms with van der Waals surface area (Å²) in [4.78, 5) is 16.1. The number of aromatic nitrogens is 4. The van der Waals surface area contributed by atoms with Crippen LogP contribution in [0.25, 0.3) is 72.8 Å². The van der Waals surface area contributed by atoms with E-state index in [4.69, 9.17) is 15.0 Å². The average molecular weight is 837 g/mol. The van der Waals surface area contributed by atoms with Gasteiger partial charge in [0.15, 0.2) is 25.5 Å². The van der Waals surface area contributed by atoms with Crippen LogP contribution in [0.5, 0.6) is 0 Å². The molecule has 0 saturated carbocycles. The minimum absolute atomic E-state index is 0.605. The Labute approximate surface area is 374 Å². The first kappa shape index (κ1) is 38.9. The van der Waals surface area contributed by atoms with E-state index in [0.29, 0.717) is 17.5 Å². The minimum Gasteiger partial charge on any atom is -0.308 e. The zero-order valence-electron chi connectivity index (χ0n) is 35.7. The number of hydrogen-bond acceptors (Lipinski definition) is 3. The first-order valence-corrected chi connectivity index (χ1v) is 23.9. The Hall–Kier alpha value is -7.99. The van der Waals surface area contributed by atoms with Crippen molar-refractivity contribution in [3.05, 3.63) is 242 Å². The van der Waals surface area contributed by atoms with Crippen molar-refractivity contribution in [2.75, 3.05) is 0 Å². The van der Waals surface area contributed by atoms with Crippen molar-refractivity contribution in [1.82, 2.24) is 19.5 Å². The predicted molar refractivity (Wildman–Crippen MR) is 269 cm³/mol. The molecule has 0 aliphatic heterocycles. The smallest absolute Gasteiger partial charge is 0.180 e. The number of benzene rings is 9. The topological polar surface area (TPSA) is 43.6 Å². The molecule has 0 saturated heterocycles.